The van der Waals surface area contributed by atoms with Gasteiger partial charge in [-0.25, -0.2) is 4.79 Å². The Morgan fingerprint density at radius 3 is 2.47 bits per heavy atom. The van der Waals surface area contributed by atoms with Crippen molar-refractivity contribution in [3.8, 4) is 0 Å². The lowest BCUT2D eigenvalue weighted by atomic mass is 10.1. The summed E-state index contributed by atoms with van der Waals surface area (Å²) in [6.45, 7) is 11.1. The average Bonchev–Trinajstić information content (AvgIpc) is 2.40. The normalized spacial score (nSPS) is 9.74. The molecular formula is C16H22N2O. The van der Waals surface area contributed by atoms with Crippen LogP contribution in [0.2, 0.25) is 0 Å². The van der Waals surface area contributed by atoms with E-state index < -0.39 is 0 Å². The monoisotopic (exact) mass is 258 g/mol. The van der Waals surface area contributed by atoms with Crippen LogP contribution in [0.4, 0.5) is 4.79 Å². The van der Waals surface area contributed by atoms with Crippen molar-refractivity contribution in [3.05, 3.63) is 60.7 Å². The van der Waals surface area contributed by atoms with Crippen LogP contribution in [0.3, 0.4) is 0 Å². The van der Waals surface area contributed by atoms with Crippen molar-refractivity contribution in [1.82, 2.24) is 10.2 Å². The molecule has 0 heterocycles. The van der Waals surface area contributed by atoms with Crippen LogP contribution >= 0.6 is 0 Å². The van der Waals surface area contributed by atoms with Crippen LogP contribution in [-0.2, 0) is 6.42 Å². The molecule has 0 bridgehead atoms. The van der Waals surface area contributed by atoms with Crippen molar-refractivity contribution in [2.24, 2.45) is 0 Å². The van der Waals surface area contributed by atoms with E-state index in [4.69, 9.17) is 0 Å². The Balaban J connectivity index is 2.43. The number of hydrogen-bond acceptors (Lipinski definition) is 1. The first-order valence-electron chi connectivity index (χ1n) is 6.48. The molecule has 3 heteroatoms. The van der Waals surface area contributed by atoms with Crippen molar-refractivity contribution in [3.63, 3.8) is 0 Å². The largest absolute Gasteiger partial charge is 0.338 e. The molecule has 1 N–H and O–H groups in total. The van der Waals surface area contributed by atoms with Gasteiger partial charge in [0.2, 0.25) is 0 Å². The van der Waals surface area contributed by atoms with E-state index in [9.17, 15) is 4.79 Å². The molecule has 0 unspecified atom stereocenters. The van der Waals surface area contributed by atoms with Gasteiger partial charge in [-0.3, -0.25) is 0 Å². The standard InChI is InChI=1S/C16H22N2O/c1-4-12-18(13-5-2)16(19)17-11-10-15-9-7-6-8-14(15)3/h4-9H,1-2,10-13H2,3H3,(H,17,19). The molecule has 102 valence electrons. The van der Waals surface area contributed by atoms with Gasteiger partial charge in [0.25, 0.3) is 0 Å². The molecule has 1 aromatic carbocycles. The molecule has 0 atom stereocenters. The van der Waals surface area contributed by atoms with E-state index in [1.54, 1.807) is 17.1 Å². The van der Waals surface area contributed by atoms with Gasteiger partial charge in [-0.05, 0) is 24.5 Å². The van der Waals surface area contributed by atoms with Crippen molar-refractivity contribution in [1.29, 1.82) is 0 Å². The quantitative estimate of drug-likeness (QED) is 0.749. The SMILES string of the molecule is C=CCN(CC=C)C(=O)NCCc1ccccc1C. The first kappa shape index (κ1) is 15.0. The Bertz CT molecular complexity index is 430. The minimum Gasteiger partial charge on any atom is -0.338 e. The minimum atomic E-state index is -0.0756. The molecule has 0 spiro atoms. The summed E-state index contributed by atoms with van der Waals surface area (Å²) in [7, 11) is 0. The third-order valence-corrected chi connectivity index (χ3v) is 2.92. The highest BCUT2D eigenvalue weighted by Gasteiger charge is 2.09. The fraction of sp³-hybridized carbons (Fsp3) is 0.312. The molecule has 0 fully saturated rings. The van der Waals surface area contributed by atoms with Crippen LogP contribution < -0.4 is 5.32 Å². The molecule has 1 rings (SSSR count). The Kier molecular flexibility index (Phi) is 6.44. The number of rotatable bonds is 7. The number of carbonyl (C=O) groups excluding carboxylic acids is 1. The predicted molar refractivity (Wildman–Crippen MR) is 80.2 cm³/mol. The van der Waals surface area contributed by atoms with E-state index >= 15 is 0 Å². The molecule has 0 saturated carbocycles. The fourth-order valence-electron chi connectivity index (χ4n) is 1.86. The molecule has 3 nitrogen and oxygen atoms in total. The smallest absolute Gasteiger partial charge is 0.317 e. The topological polar surface area (TPSA) is 32.3 Å². The van der Waals surface area contributed by atoms with Crippen molar-refractivity contribution in [2.45, 2.75) is 13.3 Å². The second kappa shape index (κ2) is 8.14. The van der Waals surface area contributed by atoms with Crippen LogP contribution in [-0.4, -0.2) is 30.6 Å². The van der Waals surface area contributed by atoms with Crippen molar-refractivity contribution in [2.75, 3.05) is 19.6 Å². The summed E-state index contributed by atoms with van der Waals surface area (Å²) in [4.78, 5) is 13.6. The molecule has 2 amide bonds. The second-order valence-corrected chi connectivity index (χ2v) is 4.39. The van der Waals surface area contributed by atoms with E-state index in [-0.39, 0.29) is 6.03 Å². The summed E-state index contributed by atoms with van der Waals surface area (Å²) in [5.74, 6) is 0. The summed E-state index contributed by atoms with van der Waals surface area (Å²) in [6.07, 6.45) is 4.27. The van der Waals surface area contributed by atoms with Crippen LogP contribution in [0.25, 0.3) is 0 Å². The molecule has 0 aliphatic heterocycles. The second-order valence-electron chi connectivity index (χ2n) is 4.39. The molecular weight excluding hydrogens is 236 g/mol. The van der Waals surface area contributed by atoms with Gasteiger partial charge >= 0.3 is 6.03 Å². The van der Waals surface area contributed by atoms with E-state index in [1.807, 2.05) is 12.1 Å². The Morgan fingerprint density at radius 2 is 1.89 bits per heavy atom. The van der Waals surface area contributed by atoms with E-state index in [0.29, 0.717) is 19.6 Å². The first-order chi connectivity index (χ1) is 9.19. The van der Waals surface area contributed by atoms with Gasteiger partial charge in [-0.1, -0.05) is 36.4 Å². The lowest BCUT2D eigenvalue weighted by Gasteiger charge is -2.20. The lowest BCUT2D eigenvalue weighted by molar-refractivity contribution is 0.208. The van der Waals surface area contributed by atoms with Crippen LogP contribution in [0, 0.1) is 6.92 Å². The zero-order valence-electron chi connectivity index (χ0n) is 11.6. The highest BCUT2D eigenvalue weighted by molar-refractivity contribution is 5.74. The highest BCUT2D eigenvalue weighted by atomic mass is 16.2. The van der Waals surface area contributed by atoms with Gasteiger partial charge < -0.3 is 10.2 Å². The Hall–Kier alpha value is -2.03. The Labute approximate surface area is 115 Å². The summed E-state index contributed by atoms with van der Waals surface area (Å²) in [5, 5.41) is 2.92. The van der Waals surface area contributed by atoms with E-state index in [1.165, 1.54) is 11.1 Å². The maximum Gasteiger partial charge on any atom is 0.317 e. The van der Waals surface area contributed by atoms with Crippen LogP contribution in [0.5, 0.6) is 0 Å². The van der Waals surface area contributed by atoms with Gasteiger partial charge in [0, 0.05) is 19.6 Å². The summed E-state index contributed by atoms with van der Waals surface area (Å²) >= 11 is 0. The minimum absolute atomic E-state index is 0.0756. The third-order valence-electron chi connectivity index (χ3n) is 2.92. The number of benzene rings is 1. The zero-order chi connectivity index (χ0) is 14.1. The fourth-order valence-corrected chi connectivity index (χ4v) is 1.86. The van der Waals surface area contributed by atoms with Crippen molar-refractivity contribution < 1.29 is 4.79 Å². The molecule has 0 saturated heterocycles. The maximum atomic E-state index is 11.9. The van der Waals surface area contributed by atoms with Crippen LogP contribution in [0.15, 0.2) is 49.6 Å². The number of urea groups is 1. The average molecular weight is 258 g/mol. The number of carbonyl (C=O) groups is 1. The summed E-state index contributed by atoms with van der Waals surface area (Å²) < 4.78 is 0. The van der Waals surface area contributed by atoms with Gasteiger partial charge in [0.05, 0.1) is 0 Å². The molecule has 0 aromatic heterocycles. The number of nitrogens with zero attached hydrogens (tertiary/aromatic N) is 1. The predicted octanol–water partition coefficient (Wildman–Crippen LogP) is 2.92. The number of aryl methyl sites for hydroxylation is 1. The zero-order valence-corrected chi connectivity index (χ0v) is 11.6. The summed E-state index contributed by atoms with van der Waals surface area (Å²) in [6, 6.07) is 8.14. The van der Waals surface area contributed by atoms with Gasteiger partial charge in [0.15, 0.2) is 0 Å². The van der Waals surface area contributed by atoms with Gasteiger partial charge in [-0.15, -0.1) is 13.2 Å². The molecule has 1 aromatic rings. The first-order valence-corrected chi connectivity index (χ1v) is 6.48. The van der Waals surface area contributed by atoms with E-state index in [0.717, 1.165) is 6.42 Å². The van der Waals surface area contributed by atoms with Gasteiger partial charge in [0.1, 0.15) is 0 Å². The molecule has 0 radical (unpaired) electrons. The van der Waals surface area contributed by atoms with Gasteiger partial charge in [-0.2, -0.15) is 0 Å². The molecule has 19 heavy (non-hydrogen) atoms. The Morgan fingerprint density at radius 1 is 1.26 bits per heavy atom. The van der Waals surface area contributed by atoms with Crippen molar-refractivity contribution >= 4 is 6.03 Å². The lowest BCUT2D eigenvalue weighted by Crippen LogP contribution is -2.40. The number of amides is 2. The van der Waals surface area contributed by atoms with Crippen LogP contribution in [0.1, 0.15) is 11.1 Å². The number of hydrogen-bond donors (Lipinski definition) is 1. The van der Waals surface area contributed by atoms with E-state index in [2.05, 4.69) is 37.5 Å². The maximum absolute atomic E-state index is 11.9. The molecule has 0 aliphatic rings. The summed E-state index contributed by atoms with van der Waals surface area (Å²) in [5.41, 5.74) is 2.52. The highest BCUT2D eigenvalue weighted by Crippen LogP contribution is 2.06. The third kappa shape index (κ3) is 5.00. The molecule has 0 aliphatic carbocycles. The number of nitrogens with one attached hydrogen (secondary N) is 1.